The van der Waals surface area contributed by atoms with Gasteiger partial charge in [0.1, 0.15) is 0 Å². The van der Waals surface area contributed by atoms with Gasteiger partial charge in [0.2, 0.25) is 0 Å². The molecule has 4 aromatic rings. The second kappa shape index (κ2) is 4.49. The summed E-state index contributed by atoms with van der Waals surface area (Å²) in [5.41, 5.74) is 1.27. The van der Waals surface area contributed by atoms with E-state index < -0.39 is 0 Å². The highest BCUT2D eigenvalue weighted by Gasteiger charge is 2.09. The van der Waals surface area contributed by atoms with Gasteiger partial charge in [0.05, 0.1) is 0 Å². The van der Waals surface area contributed by atoms with Crippen molar-refractivity contribution in [3.05, 3.63) is 66.7 Å². The first kappa shape index (κ1) is 12.2. The predicted octanol–water partition coefficient (Wildman–Crippen LogP) is 5.21. The normalized spacial score (nSPS) is 11.3. The van der Waals surface area contributed by atoms with Gasteiger partial charge in [-0.15, -0.1) is 0 Å². The molecule has 1 nitrogen and oxygen atoms in total. The van der Waals surface area contributed by atoms with Crippen molar-refractivity contribution in [1.82, 2.24) is 0 Å². The molecule has 0 amide bonds. The van der Waals surface area contributed by atoms with Gasteiger partial charge >= 0.3 is 0 Å². The first-order valence-electron chi connectivity index (χ1n) is 7.25. The Bertz CT molecular complexity index is 967. The molecule has 0 heterocycles. The van der Waals surface area contributed by atoms with Gasteiger partial charge in [-0.05, 0) is 45.1 Å². The molecule has 0 saturated carbocycles. The molecule has 102 valence electrons. The topological polar surface area (TPSA) is 3.24 Å². The van der Waals surface area contributed by atoms with Crippen molar-refractivity contribution >= 4 is 38.0 Å². The van der Waals surface area contributed by atoms with E-state index in [1.54, 1.807) is 0 Å². The van der Waals surface area contributed by atoms with Crippen LogP contribution in [0.15, 0.2) is 66.7 Å². The maximum absolute atomic E-state index is 2.32. The second-order valence-corrected chi connectivity index (χ2v) is 5.76. The number of rotatable bonds is 1. The molecule has 0 spiro atoms. The minimum absolute atomic E-state index is 1.27. The van der Waals surface area contributed by atoms with Gasteiger partial charge in [-0.25, -0.2) is 0 Å². The van der Waals surface area contributed by atoms with E-state index in [0.29, 0.717) is 0 Å². The van der Waals surface area contributed by atoms with Crippen LogP contribution in [0.4, 0.5) is 5.69 Å². The quantitative estimate of drug-likeness (QED) is 0.339. The summed E-state index contributed by atoms with van der Waals surface area (Å²) in [6.07, 6.45) is 0. The summed E-state index contributed by atoms with van der Waals surface area (Å²) >= 11 is 0. The molecule has 0 radical (unpaired) electrons. The number of hydrogen-bond donors (Lipinski definition) is 0. The van der Waals surface area contributed by atoms with Crippen LogP contribution in [0.25, 0.3) is 32.3 Å². The van der Waals surface area contributed by atoms with Gasteiger partial charge in [-0.2, -0.15) is 0 Å². The molecular formula is C20H17N. The molecule has 0 aliphatic carbocycles. The van der Waals surface area contributed by atoms with E-state index in [1.807, 2.05) is 0 Å². The molecule has 0 atom stereocenters. The third-order valence-electron chi connectivity index (χ3n) is 4.19. The summed E-state index contributed by atoms with van der Waals surface area (Å²) < 4.78 is 0. The second-order valence-electron chi connectivity index (χ2n) is 5.76. The summed E-state index contributed by atoms with van der Waals surface area (Å²) in [6.45, 7) is 0. The molecule has 0 aliphatic rings. The summed E-state index contributed by atoms with van der Waals surface area (Å²) in [5, 5.41) is 7.86. The highest BCUT2D eigenvalue weighted by atomic mass is 15.1. The zero-order chi connectivity index (χ0) is 14.4. The van der Waals surface area contributed by atoms with Gasteiger partial charge < -0.3 is 4.90 Å². The summed E-state index contributed by atoms with van der Waals surface area (Å²) in [7, 11) is 4.22. The molecule has 4 aromatic carbocycles. The first-order chi connectivity index (χ1) is 10.2. The summed E-state index contributed by atoms with van der Waals surface area (Å²) in [4.78, 5) is 2.20. The highest BCUT2D eigenvalue weighted by Crippen LogP contribution is 2.35. The fraction of sp³-hybridized carbons (Fsp3) is 0.100. The Balaban J connectivity index is 2.27. The van der Waals surface area contributed by atoms with Crippen molar-refractivity contribution in [3.63, 3.8) is 0 Å². The summed E-state index contributed by atoms with van der Waals surface area (Å²) in [6, 6.07) is 24.1. The molecule has 0 bridgehead atoms. The smallest absolute Gasteiger partial charge is 0.0447 e. The van der Waals surface area contributed by atoms with Crippen LogP contribution in [-0.4, -0.2) is 14.1 Å². The van der Waals surface area contributed by atoms with Crippen molar-refractivity contribution < 1.29 is 0 Å². The number of hydrogen-bond acceptors (Lipinski definition) is 1. The van der Waals surface area contributed by atoms with Crippen molar-refractivity contribution in [2.75, 3.05) is 19.0 Å². The zero-order valence-electron chi connectivity index (χ0n) is 12.3. The van der Waals surface area contributed by atoms with E-state index in [0.717, 1.165) is 0 Å². The number of benzene rings is 4. The fourth-order valence-corrected chi connectivity index (χ4v) is 3.14. The number of anilines is 1. The van der Waals surface area contributed by atoms with Gasteiger partial charge in [0, 0.05) is 25.2 Å². The van der Waals surface area contributed by atoms with Crippen LogP contribution in [0.5, 0.6) is 0 Å². The van der Waals surface area contributed by atoms with Crippen LogP contribution in [0.1, 0.15) is 0 Å². The molecule has 0 aromatic heterocycles. The van der Waals surface area contributed by atoms with Gasteiger partial charge in [0.15, 0.2) is 0 Å². The lowest BCUT2D eigenvalue weighted by atomic mass is 9.96. The molecule has 21 heavy (non-hydrogen) atoms. The zero-order valence-corrected chi connectivity index (χ0v) is 12.3. The van der Waals surface area contributed by atoms with E-state index in [9.17, 15) is 0 Å². The van der Waals surface area contributed by atoms with Gasteiger partial charge in [0.25, 0.3) is 0 Å². The summed E-state index contributed by atoms with van der Waals surface area (Å²) in [5.74, 6) is 0. The van der Waals surface area contributed by atoms with Crippen LogP contribution in [0.3, 0.4) is 0 Å². The predicted molar refractivity (Wildman–Crippen MR) is 93.3 cm³/mol. The van der Waals surface area contributed by atoms with Crippen LogP contribution in [-0.2, 0) is 0 Å². The minimum Gasteiger partial charge on any atom is -0.377 e. The van der Waals surface area contributed by atoms with E-state index in [4.69, 9.17) is 0 Å². The molecule has 0 saturated heterocycles. The first-order valence-corrected chi connectivity index (χ1v) is 7.25. The third kappa shape index (κ3) is 1.85. The van der Waals surface area contributed by atoms with Crippen LogP contribution in [0, 0.1) is 0 Å². The lowest BCUT2D eigenvalue weighted by Crippen LogP contribution is -2.09. The third-order valence-corrected chi connectivity index (χ3v) is 4.19. The van der Waals surface area contributed by atoms with E-state index in [1.165, 1.54) is 38.0 Å². The van der Waals surface area contributed by atoms with Crippen molar-refractivity contribution in [1.29, 1.82) is 0 Å². The molecule has 1 heteroatoms. The number of fused-ring (bicyclic) bond motifs is 4. The fourth-order valence-electron chi connectivity index (χ4n) is 3.14. The Hall–Kier alpha value is -2.54. The maximum Gasteiger partial charge on any atom is 0.0447 e. The largest absolute Gasteiger partial charge is 0.377 e. The standard InChI is InChI=1S/C20H17N/c1-21(2)20-13-16-9-5-6-10-17(16)18-11-14-7-3-4-8-15(14)12-19(18)20/h3-13H,1-2H3. The maximum atomic E-state index is 2.32. The van der Waals surface area contributed by atoms with E-state index in [-0.39, 0.29) is 0 Å². The molecule has 0 unspecified atom stereocenters. The average molecular weight is 271 g/mol. The highest BCUT2D eigenvalue weighted by molar-refractivity contribution is 6.16. The molecule has 0 N–H and O–H groups in total. The average Bonchev–Trinajstić information content (AvgIpc) is 2.52. The van der Waals surface area contributed by atoms with Crippen molar-refractivity contribution in [3.8, 4) is 0 Å². The monoisotopic (exact) mass is 271 g/mol. The Morgan fingerprint density at radius 1 is 0.571 bits per heavy atom. The lowest BCUT2D eigenvalue weighted by Gasteiger charge is -2.18. The molecular weight excluding hydrogens is 254 g/mol. The molecule has 0 aliphatic heterocycles. The van der Waals surface area contributed by atoms with Crippen LogP contribution >= 0.6 is 0 Å². The Kier molecular flexibility index (Phi) is 2.61. The minimum atomic E-state index is 1.27. The van der Waals surface area contributed by atoms with E-state index >= 15 is 0 Å². The molecule has 4 rings (SSSR count). The molecule has 0 fully saturated rings. The van der Waals surface area contributed by atoms with Crippen LogP contribution < -0.4 is 4.90 Å². The number of nitrogens with zero attached hydrogens (tertiary/aromatic N) is 1. The Labute approximate surface area is 124 Å². The Morgan fingerprint density at radius 3 is 1.81 bits per heavy atom. The van der Waals surface area contributed by atoms with Crippen molar-refractivity contribution in [2.24, 2.45) is 0 Å². The Morgan fingerprint density at radius 2 is 1.14 bits per heavy atom. The van der Waals surface area contributed by atoms with Gasteiger partial charge in [-0.3, -0.25) is 0 Å². The van der Waals surface area contributed by atoms with Crippen molar-refractivity contribution in [2.45, 2.75) is 0 Å². The van der Waals surface area contributed by atoms with E-state index in [2.05, 4.69) is 85.7 Å². The van der Waals surface area contributed by atoms with Gasteiger partial charge in [-0.1, -0.05) is 48.5 Å². The SMILES string of the molecule is CN(C)c1cc2ccccc2c2cc3ccccc3cc12. The lowest BCUT2D eigenvalue weighted by molar-refractivity contribution is 1.15. The van der Waals surface area contributed by atoms with Crippen LogP contribution in [0.2, 0.25) is 0 Å².